The van der Waals surface area contributed by atoms with Gasteiger partial charge >= 0.3 is 0 Å². The average Bonchev–Trinajstić information content (AvgIpc) is 3.29. The summed E-state index contributed by atoms with van der Waals surface area (Å²) in [5, 5.41) is 15.3. The highest BCUT2D eigenvalue weighted by Crippen LogP contribution is 2.21. The minimum absolute atomic E-state index is 0.484. The van der Waals surface area contributed by atoms with Gasteiger partial charge in [-0.2, -0.15) is 0 Å². The number of aromatic nitrogens is 3. The number of nitrogens with one attached hydrogen (secondary N) is 2. The summed E-state index contributed by atoms with van der Waals surface area (Å²) in [7, 11) is 3.68. The molecule has 2 N–H and O–H groups in total. The van der Waals surface area contributed by atoms with Gasteiger partial charge in [-0.15, -0.1) is 10.2 Å². The molecule has 1 aromatic carbocycles. The Kier molecular flexibility index (Phi) is 6.32. The number of aliphatic imine (C=N–C) groups is 1. The molecule has 1 fully saturated rings. The van der Waals surface area contributed by atoms with E-state index in [0.29, 0.717) is 19.1 Å². The van der Waals surface area contributed by atoms with Crippen LogP contribution < -0.4 is 15.4 Å². The van der Waals surface area contributed by atoms with E-state index >= 15 is 0 Å². The van der Waals surface area contributed by atoms with Crippen LogP contribution in [-0.4, -0.2) is 33.9 Å². The number of guanidine groups is 1. The van der Waals surface area contributed by atoms with Crippen molar-refractivity contribution >= 4 is 5.96 Å². The van der Waals surface area contributed by atoms with Gasteiger partial charge in [0.25, 0.3) is 0 Å². The maximum Gasteiger partial charge on any atom is 0.192 e. The lowest BCUT2D eigenvalue weighted by Crippen LogP contribution is -2.42. The normalized spacial score (nSPS) is 15.2. The van der Waals surface area contributed by atoms with E-state index in [1.54, 1.807) is 7.11 Å². The second-order valence-electron chi connectivity index (χ2n) is 7.18. The van der Waals surface area contributed by atoms with Gasteiger partial charge in [0, 0.05) is 18.7 Å². The van der Waals surface area contributed by atoms with Crippen LogP contribution in [0.25, 0.3) is 0 Å². The molecular formula is C20H30N6O. The van der Waals surface area contributed by atoms with Crippen LogP contribution in [0, 0.1) is 13.8 Å². The van der Waals surface area contributed by atoms with Gasteiger partial charge in [0.15, 0.2) is 11.8 Å². The first-order valence-electron chi connectivity index (χ1n) is 9.60. The lowest BCUT2D eigenvalue weighted by molar-refractivity contribution is 0.409. The van der Waals surface area contributed by atoms with Crippen molar-refractivity contribution in [2.45, 2.75) is 58.7 Å². The van der Waals surface area contributed by atoms with E-state index in [9.17, 15) is 0 Å². The molecule has 7 heteroatoms. The van der Waals surface area contributed by atoms with Crippen molar-refractivity contribution in [3.05, 3.63) is 41.0 Å². The van der Waals surface area contributed by atoms with Crippen LogP contribution in [0.15, 0.2) is 23.2 Å². The Labute approximate surface area is 161 Å². The van der Waals surface area contributed by atoms with Gasteiger partial charge in [-0.05, 0) is 38.3 Å². The third-order valence-corrected chi connectivity index (χ3v) is 5.14. The molecule has 0 spiro atoms. The SMILES string of the molecule is COc1cc(C)ccc1CN=C(NCc1nnc(C)n1C)NC1CCCC1. The van der Waals surface area contributed by atoms with Crippen LogP contribution in [0.1, 0.15) is 48.5 Å². The molecule has 1 aliphatic rings. The highest BCUT2D eigenvalue weighted by molar-refractivity contribution is 5.80. The van der Waals surface area contributed by atoms with Crippen LogP contribution in [0.2, 0.25) is 0 Å². The van der Waals surface area contributed by atoms with Crippen molar-refractivity contribution in [1.82, 2.24) is 25.4 Å². The number of ether oxygens (including phenoxy) is 1. The predicted molar refractivity (Wildman–Crippen MR) is 107 cm³/mol. The summed E-state index contributed by atoms with van der Waals surface area (Å²) in [6, 6.07) is 6.70. The Morgan fingerprint density at radius 1 is 1.26 bits per heavy atom. The van der Waals surface area contributed by atoms with Crippen LogP contribution in [0.5, 0.6) is 5.75 Å². The minimum atomic E-state index is 0.484. The molecule has 0 amide bonds. The zero-order valence-electron chi connectivity index (χ0n) is 16.7. The Balaban J connectivity index is 1.72. The first-order chi connectivity index (χ1) is 13.1. The molecule has 2 aromatic rings. The fourth-order valence-corrected chi connectivity index (χ4v) is 3.33. The molecule has 1 aromatic heterocycles. The predicted octanol–water partition coefficient (Wildman–Crippen LogP) is 2.62. The first kappa shape index (κ1) is 19.2. The number of methoxy groups -OCH3 is 1. The van der Waals surface area contributed by atoms with Gasteiger partial charge in [0.05, 0.1) is 20.2 Å². The quantitative estimate of drug-likeness (QED) is 0.604. The fraction of sp³-hybridized carbons (Fsp3) is 0.550. The molecule has 1 saturated carbocycles. The number of hydrogen-bond acceptors (Lipinski definition) is 4. The molecule has 1 aliphatic carbocycles. The lowest BCUT2D eigenvalue weighted by Gasteiger charge is -2.17. The Bertz CT molecular complexity index is 792. The summed E-state index contributed by atoms with van der Waals surface area (Å²) < 4.78 is 7.50. The van der Waals surface area contributed by atoms with Crippen LogP contribution in [0.3, 0.4) is 0 Å². The molecule has 27 heavy (non-hydrogen) atoms. The molecule has 7 nitrogen and oxygen atoms in total. The first-order valence-corrected chi connectivity index (χ1v) is 9.60. The maximum absolute atomic E-state index is 5.51. The Morgan fingerprint density at radius 2 is 2.04 bits per heavy atom. The van der Waals surface area contributed by atoms with Gasteiger partial charge in [-0.25, -0.2) is 4.99 Å². The molecular weight excluding hydrogens is 340 g/mol. The number of benzene rings is 1. The summed E-state index contributed by atoms with van der Waals surface area (Å²) in [6.07, 6.45) is 4.94. The van der Waals surface area contributed by atoms with Gasteiger partial charge in [0.2, 0.25) is 0 Å². The largest absolute Gasteiger partial charge is 0.496 e. The van der Waals surface area contributed by atoms with Gasteiger partial charge in [0.1, 0.15) is 11.6 Å². The van der Waals surface area contributed by atoms with Gasteiger partial charge in [-0.1, -0.05) is 25.0 Å². The van der Waals surface area contributed by atoms with E-state index in [0.717, 1.165) is 28.9 Å². The zero-order valence-corrected chi connectivity index (χ0v) is 16.7. The monoisotopic (exact) mass is 370 g/mol. The third-order valence-electron chi connectivity index (χ3n) is 5.14. The molecule has 0 saturated heterocycles. The second-order valence-corrected chi connectivity index (χ2v) is 7.18. The number of nitrogens with zero attached hydrogens (tertiary/aromatic N) is 4. The molecule has 146 valence electrons. The Hall–Kier alpha value is -2.57. The fourth-order valence-electron chi connectivity index (χ4n) is 3.33. The highest BCUT2D eigenvalue weighted by atomic mass is 16.5. The van der Waals surface area contributed by atoms with Crippen molar-refractivity contribution in [2.24, 2.45) is 12.0 Å². The van der Waals surface area contributed by atoms with Crippen molar-refractivity contribution in [1.29, 1.82) is 0 Å². The van der Waals surface area contributed by atoms with Crippen molar-refractivity contribution in [3.8, 4) is 5.75 Å². The molecule has 0 unspecified atom stereocenters. The Morgan fingerprint density at radius 3 is 2.70 bits per heavy atom. The average molecular weight is 371 g/mol. The summed E-state index contributed by atoms with van der Waals surface area (Å²) in [5.41, 5.74) is 2.25. The van der Waals surface area contributed by atoms with Crippen LogP contribution >= 0.6 is 0 Å². The third kappa shape index (κ3) is 4.99. The number of hydrogen-bond donors (Lipinski definition) is 2. The van der Waals surface area contributed by atoms with E-state index in [1.165, 1.54) is 31.2 Å². The molecule has 0 radical (unpaired) electrons. The van der Waals surface area contributed by atoms with E-state index in [-0.39, 0.29) is 0 Å². The van der Waals surface area contributed by atoms with Crippen molar-refractivity contribution in [3.63, 3.8) is 0 Å². The summed E-state index contributed by atoms with van der Waals surface area (Å²) in [5.74, 6) is 3.48. The van der Waals surface area contributed by atoms with E-state index in [4.69, 9.17) is 9.73 Å². The van der Waals surface area contributed by atoms with Gasteiger partial charge in [-0.3, -0.25) is 0 Å². The highest BCUT2D eigenvalue weighted by Gasteiger charge is 2.17. The standard InChI is InChI=1S/C20H30N6O/c1-14-9-10-16(18(11-14)27-4)12-21-20(23-17-7-5-6-8-17)22-13-19-25-24-15(2)26(19)3/h9-11,17H,5-8,12-13H2,1-4H3,(H2,21,22,23). The minimum Gasteiger partial charge on any atom is -0.496 e. The topological polar surface area (TPSA) is 76.4 Å². The second kappa shape index (κ2) is 8.88. The van der Waals surface area contributed by atoms with Gasteiger partial charge < -0.3 is 19.9 Å². The summed E-state index contributed by atoms with van der Waals surface area (Å²) in [4.78, 5) is 4.80. The smallest absolute Gasteiger partial charge is 0.192 e. The number of aryl methyl sites for hydroxylation is 2. The van der Waals surface area contributed by atoms with Crippen LogP contribution in [0.4, 0.5) is 0 Å². The van der Waals surface area contributed by atoms with E-state index < -0.39 is 0 Å². The maximum atomic E-state index is 5.51. The summed E-state index contributed by atoms with van der Waals surface area (Å²) >= 11 is 0. The zero-order chi connectivity index (χ0) is 19.2. The van der Waals surface area contributed by atoms with Crippen molar-refractivity contribution < 1.29 is 4.74 Å². The van der Waals surface area contributed by atoms with Crippen molar-refractivity contribution in [2.75, 3.05) is 7.11 Å². The lowest BCUT2D eigenvalue weighted by atomic mass is 10.1. The molecule has 0 aliphatic heterocycles. The molecule has 0 atom stereocenters. The van der Waals surface area contributed by atoms with E-state index in [1.807, 2.05) is 24.6 Å². The van der Waals surface area contributed by atoms with Crippen LogP contribution in [-0.2, 0) is 20.1 Å². The molecule has 0 bridgehead atoms. The summed E-state index contributed by atoms with van der Waals surface area (Å²) in [6.45, 7) is 5.16. The molecule has 1 heterocycles. The van der Waals surface area contributed by atoms with E-state index in [2.05, 4.69) is 39.9 Å². The number of rotatable bonds is 6. The molecule has 3 rings (SSSR count).